The van der Waals surface area contributed by atoms with Crippen molar-refractivity contribution in [1.82, 2.24) is 4.90 Å². The van der Waals surface area contributed by atoms with Gasteiger partial charge in [-0.1, -0.05) is 27.7 Å². The lowest BCUT2D eigenvalue weighted by atomic mass is 9.68. The minimum atomic E-state index is 0.545. The molecule has 0 spiro atoms. The Kier molecular flexibility index (Phi) is 3.86. The molecule has 0 aromatic heterocycles. The summed E-state index contributed by atoms with van der Waals surface area (Å²) in [5, 5.41) is 0. The smallest absolute Gasteiger partial charge is 0.00758 e. The van der Waals surface area contributed by atoms with Crippen LogP contribution in [0.3, 0.4) is 0 Å². The second kappa shape index (κ2) is 4.45. The fourth-order valence-corrected chi connectivity index (χ4v) is 3.42. The van der Waals surface area contributed by atoms with Gasteiger partial charge in [-0.2, -0.15) is 0 Å². The van der Waals surface area contributed by atoms with Crippen LogP contribution in [0.4, 0.5) is 0 Å². The van der Waals surface area contributed by atoms with Crippen molar-refractivity contribution < 1.29 is 0 Å². The van der Waals surface area contributed by atoms with Crippen LogP contribution in [-0.2, 0) is 0 Å². The molecule has 0 amide bonds. The number of hydrogen-bond acceptors (Lipinski definition) is 1. The zero-order valence-electron chi connectivity index (χ0n) is 11.7. The van der Waals surface area contributed by atoms with Crippen LogP contribution in [0.2, 0.25) is 0 Å². The fraction of sp³-hybridized carbons (Fsp3) is 1.00. The quantitative estimate of drug-likeness (QED) is 0.686. The third-order valence-corrected chi connectivity index (χ3v) is 4.68. The molecule has 1 nitrogen and oxygen atoms in total. The highest BCUT2D eigenvalue weighted by atomic mass is 15.2. The molecular formula is C14H29N. The lowest BCUT2D eigenvalue weighted by Gasteiger charge is -2.38. The SMILES string of the molecule is CC(C)N1CC(C(C)C)(C(C)C)CC1C. The summed E-state index contributed by atoms with van der Waals surface area (Å²) in [7, 11) is 0. The van der Waals surface area contributed by atoms with Crippen molar-refractivity contribution in [1.29, 1.82) is 0 Å². The van der Waals surface area contributed by atoms with Crippen LogP contribution in [0.25, 0.3) is 0 Å². The van der Waals surface area contributed by atoms with Crippen LogP contribution in [0.1, 0.15) is 54.9 Å². The molecule has 0 aliphatic carbocycles. The van der Waals surface area contributed by atoms with E-state index in [1.807, 2.05) is 0 Å². The zero-order valence-corrected chi connectivity index (χ0v) is 11.7. The van der Waals surface area contributed by atoms with E-state index in [2.05, 4.69) is 53.4 Å². The molecule has 1 aliphatic rings. The molecule has 1 heteroatoms. The maximum absolute atomic E-state index is 2.68. The average Bonchev–Trinajstić information content (AvgIpc) is 2.44. The van der Waals surface area contributed by atoms with Gasteiger partial charge in [0.1, 0.15) is 0 Å². The monoisotopic (exact) mass is 211 g/mol. The Morgan fingerprint density at radius 2 is 1.47 bits per heavy atom. The van der Waals surface area contributed by atoms with Gasteiger partial charge < -0.3 is 0 Å². The molecule has 1 atom stereocenters. The van der Waals surface area contributed by atoms with Gasteiger partial charge in [0.15, 0.2) is 0 Å². The molecule has 0 aromatic carbocycles. The standard InChI is InChI=1S/C14H29N/c1-10(2)14(11(3)4)8-13(7)15(9-14)12(5)6/h10-13H,8-9H2,1-7H3. The Morgan fingerprint density at radius 3 is 1.67 bits per heavy atom. The Labute approximate surface area is 96.2 Å². The van der Waals surface area contributed by atoms with Crippen LogP contribution in [0.15, 0.2) is 0 Å². The normalized spacial score (nSPS) is 27.2. The molecule has 0 N–H and O–H groups in total. The van der Waals surface area contributed by atoms with Crippen LogP contribution in [0.5, 0.6) is 0 Å². The molecule has 0 radical (unpaired) electrons. The van der Waals surface area contributed by atoms with Crippen LogP contribution in [-0.4, -0.2) is 23.5 Å². The first kappa shape index (κ1) is 13.0. The summed E-state index contributed by atoms with van der Waals surface area (Å²) in [6.45, 7) is 17.9. The van der Waals surface area contributed by atoms with Crippen molar-refractivity contribution in [2.75, 3.05) is 6.54 Å². The van der Waals surface area contributed by atoms with Crippen LogP contribution in [0, 0.1) is 17.3 Å². The van der Waals surface area contributed by atoms with Crippen molar-refractivity contribution in [3.05, 3.63) is 0 Å². The maximum Gasteiger partial charge on any atom is 0.00758 e. The van der Waals surface area contributed by atoms with Gasteiger partial charge in [0.05, 0.1) is 0 Å². The van der Waals surface area contributed by atoms with Crippen LogP contribution < -0.4 is 0 Å². The molecule has 0 bridgehead atoms. The third-order valence-electron chi connectivity index (χ3n) is 4.68. The number of rotatable bonds is 3. The molecule has 0 aromatic rings. The zero-order chi connectivity index (χ0) is 11.8. The summed E-state index contributed by atoms with van der Waals surface area (Å²) < 4.78 is 0. The third kappa shape index (κ3) is 2.22. The average molecular weight is 211 g/mol. The molecular weight excluding hydrogens is 182 g/mol. The van der Waals surface area contributed by atoms with E-state index in [1.54, 1.807) is 0 Å². The first-order valence-corrected chi connectivity index (χ1v) is 6.57. The Hall–Kier alpha value is -0.0400. The lowest BCUT2D eigenvalue weighted by molar-refractivity contribution is 0.109. The van der Waals surface area contributed by atoms with Gasteiger partial charge in [0, 0.05) is 18.6 Å². The Morgan fingerprint density at radius 1 is 1.00 bits per heavy atom. The van der Waals surface area contributed by atoms with Crippen molar-refractivity contribution >= 4 is 0 Å². The predicted octanol–water partition coefficient (Wildman–Crippen LogP) is 3.79. The molecule has 1 rings (SSSR count). The summed E-state index contributed by atoms with van der Waals surface area (Å²) >= 11 is 0. The topological polar surface area (TPSA) is 3.24 Å². The summed E-state index contributed by atoms with van der Waals surface area (Å²) in [6, 6.07) is 1.45. The van der Waals surface area contributed by atoms with Crippen molar-refractivity contribution in [3.8, 4) is 0 Å². The van der Waals surface area contributed by atoms with Gasteiger partial charge in [-0.05, 0) is 44.4 Å². The lowest BCUT2D eigenvalue weighted by Crippen LogP contribution is -2.39. The molecule has 15 heavy (non-hydrogen) atoms. The highest BCUT2D eigenvalue weighted by Gasteiger charge is 2.46. The van der Waals surface area contributed by atoms with E-state index < -0.39 is 0 Å². The van der Waals surface area contributed by atoms with Crippen molar-refractivity contribution in [3.63, 3.8) is 0 Å². The summed E-state index contributed by atoms with van der Waals surface area (Å²) in [6.07, 6.45) is 1.38. The van der Waals surface area contributed by atoms with Gasteiger partial charge >= 0.3 is 0 Å². The number of likely N-dealkylation sites (tertiary alicyclic amines) is 1. The van der Waals surface area contributed by atoms with Gasteiger partial charge in [0.25, 0.3) is 0 Å². The number of nitrogens with zero attached hydrogens (tertiary/aromatic N) is 1. The Balaban J connectivity index is 2.88. The van der Waals surface area contributed by atoms with Crippen molar-refractivity contribution in [2.24, 2.45) is 17.3 Å². The van der Waals surface area contributed by atoms with E-state index in [-0.39, 0.29) is 0 Å². The second-order valence-electron chi connectivity index (χ2n) is 6.36. The van der Waals surface area contributed by atoms with Gasteiger partial charge in [0.2, 0.25) is 0 Å². The van der Waals surface area contributed by atoms with Gasteiger partial charge in [-0.3, -0.25) is 4.90 Å². The van der Waals surface area contributed by atoms with E-state index in [0.717, 1.165) is 17.9 Å². The van der Waals surface area contributed by atoms with E-state index in [4.69, 9.17) is 0 Å². The highest BCUT2D eigenvalue weighted by molar-refractivity contribution is 4.98. The second-order valence-corrected chi connectivity index (χ2v) is 6.36. The molecule has 1 unspecified atom stereocenters. The predicted molar refractivity (Wildman–Crippen MR) is 68.0 cm³/mol. The van der Waals surface area contributed by atoms with E-state index in [1.165, 1.54) is 13.0 Å². The molecule has 1 fully saturated rings. The summed E-state index contributed by atoms with van der Waals surface area (Å²) in [5.41, 5.74) is 0.545. The van der Waals surface area contributed by atoms with Gasteiger partial charge in [-0.25, -0.2) is 0 Å². The molecule has 1 aliphatic heterocycles. The van der Waals surface area contributed by atoms with Crippen LogP contribution >= 0.6 is 0 Å². The van der Waals surface area contributed by atoms with Gasteiger partial charge in [-0.15, -0.1) is 0 Å². The maximum atomic E-state index is 2.68. The fourth-order valence-electron chi connectivity index (χ4n) is 3.42. The van der Waals surface area contributed by atoms with Crippen molar-refractivity contribution in [2.45, 2.75) is 67.0 Å². The molecule has 0 saturated carbocycles. The molecule has 1 heterocycles. The largest absolute Gasteiger partial charge is 0.298 e. The first-order valence-electron chi connectivity index (χ1n) is 6.57. The molecule has 1 saturated heterocycles. The van der Waals surface area contributed by atoms with E-state index in [0.29, 0.717) is 11.5 Å². The Bertz CT molecular complexity index is 197. The first-order chi connectivity index (χ1) is 6.81. The summed E-state index contributed by atoms with van der Waals surface area (Å²) in [4.78, 5) is 2.68. The minimum Gasteiger partial charge on any atom is -0.298 e. The minimum absolute atomic E-state index is 0.545. The molecule has 90 valence electrons. The number of hydrogen-bond donors (Lipinski definition) is 0. The highest BCUT2D eigenvalue weighted by Crippen LogP contribution is 2.47. The van der Waals surface area contributed by atoms with E-state index in [9.17, 15) is 0 Å². The summed E-state index contributed by atoms with van der Waals surface area (Å²) in [5.74, 6) is 1.59. The van der Waals surface area contributed by atoms with E-state index >= 15 is 0 Å².